The number of nitrogen functional groups attached to an aromatic ring is 1. The lowest BCUT2D eigenvalue weighted by Gasteiger charge is -2.25. The van der Waals surface area contributed by atoms with Gasteiger partial charge >= 0.3 is 12.2 Å². The van der Waals surface area contributed by atoms with E-state index in [4.69, 9.17) is 5.73 Å². The van der Waals surface area contributed by atoms with E-state index in [1.54, 1.807) is 0 Å². The van der Waals surface area contributed by atoms with E-state index >= 15 is 0 Å². The number of likely N-dealkylation sites (tertiary alicyclic amines) is 1. The molecule has 1 aromatic heterocycles. The molecule has 1 saturated heterocycles. The Hall–Kier alpha value is -2.65. The number of carbonyl (C=O) groups is 2. The van der Waals surface area contributed by atoms with Crippen molar-refractivity contribution in [2.45, 2.75) is 25.8 Å². The second-order valence-electron chi connectivity index (χ2n) is 4.54. The number of aromatic amines is 1. The molecule has 0 atom stereocenters. The van der Waals surface area contributed by atoms with Crippen molar-refractivity contribution in [1.29, 1.82) is 0 Å². The van der Waals surface area contributed by atoms with Gasteiger partial charge < -0.3 is 20.7 Å². The number of amides is 2. The zero-order chi connectivity index (χ0) is 15.2. The van der Waals surface area contributed by atoms with Crippen molar-refractivity contribution < 1.29 is 14.3 Å². The third-order valence-electron chi connectivity index (χ3n) is 2.98. The van der Waals surface area contributed by atoms with Crippen LogP contribution < -0.4 is 16.6 Å². The Labute approximate surface area is 119 Å². The van der Waals surface area contributed by atoms with Gasteiger partial charge in [-0.1, -0.05) is 0 Å². The summed E-state index contributed by atoms with van der Waals surface area (Å²) in [6.07, 6.45) is 1.22. The van der Waals surface area contributed by atoms with Crippen LogP contribution >= 0.6 is 0 Å². The van der Waals surface area contributed by atoms with E-state index in [9.17, 15) is 14.4 Å². The quantitative estimate of drug-likeness (QED) is 0.629. The molecule has 4 N–H and O–H groups in total. The summed E-state index contributed by atoms with van der Waals surface area (Å²) in [4.78, 5) is 38.3. The summed E-state index contributed by atoms with van der Waals surface area (Å²) in [5, 5.41) is 9.25. The number of hydrogen-bond acceptors (Lipinski definition) is 7. The number of carbonyl (C=O) groups excluding carboxylic acids is 2. The molecule has 114 valence electrons. The Morgan fingerprint density at radius 1 is 1.29 bits per heavy atom. The first-order valence-corrected chi connectivity index (χ1v) is 6.52. The number of hydrogen-bond donors (Lipinski definition) is 3. The minimum Gasteiger partial charge on any atom is -0.368 e. The van der Waals surface area contributed by atoms with E-state index in [0.29, 0.717) is 13.1 Å². The van der Waals surface area contributed by atoms with Crippen molar-refractivity contribution in [1.82, 2.24) is 25.4 Å². The van der Waals surface area contributed by atoms with Gasteiger partial charge in [-0.3, -0.25) is 9.78 Å². The van der Waals surface area contributed by atoms with E-state index < -0.39 is 17.7 Å². The van der Waals surface area contributed by atoms with Gasteiger partial charge in [0.15, 0.2) is 0 Å². The number of nitrogens with one attached hydrogen (secondary N) is 2. The lowest BCUT2D eigenvalue weighted by Crippen LogP contribution is -2.39. The predicted molar refractivity (Wildman–Crippen MR) is 71.2 cm³/mol. The van der Waals surface area contributed by atoms with Gasteiger partial charge in [0.1, 0.15) is 5.69 Å². The Morgan fingerprint density at radius 3 is 2.67 bits per heavy atom. The minimum atomic E-state index is -0.941. The topological polar surface area (TPSA) is 143 Å². The van der Waals surface area contributed by atoms with Crippen LogP contribution in [-0.2, 0) is 11.3 Å². The fourth-order valence-corrected chi connectivity index (χ4v) is 1.90. The highest BCUT2D eigenvalue weighted by atomic mass is 16.6. The summed E-state index contributed by atoms with van der Waals surface area (Å²) >= 11 is 0. The molecule has 10 nitrogen and oxygen atoms in total. The van der Waals surface area contributed by atoms with Crippen LogP contribution in [0.2, 0.25) is 0 Å². The minimum absolute atomic E-state index is 0.0356. The molecule has 0 aliphatic carbocycles. The molecule has 2 rings (SSSR count). The summed E-state index contributed by atoms with van der Waals surface area (Å²) < 4.78 is 4.63. The summed E-state index contributed by atoms with van der Waals surface area (Å²) in [7, 11) is 0. The van der Waals surface area contributed by atoms with Gasteiger partial charge in [0.2, 0.25) is 5.95 Å². The monoisotopic (exact) mass is 296 g/mol. The number of aromatic nitrogens is 3. The van der Waals surface area contributed by atoms with Crippen LogP contribution in [0.3, 0.4) is 0 Å². The van der Waals surface area contributed by atoms with Crippen LogP contribution in [0.1, 0.15) is 25.0 Å². The summed E-state index contributed by atoms with van der Waals surface area (Å²) in [6.45, 7) is 0.944. The number of piperidine rings is 1. The molecule has 2 amide bonds. The Kier molecular flexibility index (Phi) is 4.69. The summed E-state index contributed by atoms with van der Waals surface area (Å²) in [5.74, 6) is -0.119. The van der Waals surface area contributed by atoms with E-state index in [-0.39, 0.29) is 18.2 Å². The van der Waals surface area contributed by atoms with E-state index in [2.05, 4.69) is 25.2 Å². The standard InChI is InChI=1S/C11H16N6O4/c12-9-14-8(18)7(15-16-9)6-13-10(19)21-11(20)17-4-2-1-3-5-17/h1-6H2,(H,13,19)(H3,12,14,16,18). The van der Waals surface area contributed by atoms with Gasteiger partial charge in [0.05, 0.1) is 6.54 Å². The van der Waals surface area contributed by atoms with Gasteiger partial charge in [-0.05, 0) is 19.3 Å². The second-order valence-corrected chi connectivity index (χ2v) is 4.54. The molecule has 0 aromatic carbocycles. The number of nitrogens with zero attached hydrogens (tertiary/aromatic N) is 3. The first kappa shape index (κ1) is 14.8. The predicted octanol–water partition coefficient (Wildman–Crippen LogP) is -0.421. The maximum absolute atomic E-state index is 11.7. The fourth-order valence-electron chi connectivity index (χ4n) is 1.90. The van der Waals surface area contributed by atoms with Crippen molar-refractivity contribution in [3.63, 3.8) is 0 Å². The third kappa shape index (κ3) is 4.16. The third-order valence-corrected chi connectivity index (χ3v) is 2.98. The molecule has 10 heteroatoms. The molecule has 0 radical (unpaired) electrons. The maximum Gasteiger partial charge on any atom is 0.418 e. The zero-order valence-electron chi connectivity index (χ0n) is 11.3. The van der Waals surface area contributed by atoms with Crippen LogP contribution in [0.15, 0.2) is 4.79 Å². The Bertz CT molecular complexity index is 580. The van der Waals surface area contributed by atoms with Crippen LogP contribution in [0.5, 0.6) is 0 Å². The lowest BCUT2D eigenvalue weighted by molar-refractivity contribution is 0.111. The number of nitrogens with two attached hydrogens (primary N) is 1. The average molecular weight is 296 g/mol. The Balaban J connectivity index is 1.81. The number of anilines is 1. The largest absolute Gasteiger partial charge is 0.418 e. The molecule has 2 heterocycles. The normalized spacial score (nSPS) is 14.6. The van der Waals surface area contributed by atoms with Crippen molar-refractivity contribution in [3.8, 4) is 0 Å². The maximum atomic E-state index is 11.7. The molecule has 0 unspecified atom stereocenters. The lowest BCUT2D eigenvalue weighted by atomic mass is 10.1. The highest BCUT2D eigenvalue weighted by Gasteiger charge is 2.20. The fraction of sp³-hybridized carbons (Fsp3) is 0.545. The van der Waals surface area contributed by atoms with Crippen molar-refractivity contribution in [3.05, 3.63) is 16.0 Å². The molecule has 0 bridgehead atoms. The molecular formula is C11H16N6O4. The van der Waals surface area contributed by atoms with Crippen LogP contribution in [0, 0.1) is 0 Å². The molecule has 1 fully saturated rings. The van der Waals surface area contributed by atoms with E-state index in [0.717, 1.165) is 19.3 Å². The molecule has 1 aromatic rings. The summed E-state index contributed by atoms with van der Waals surface area (Å²) in [5.41, 5.74) is 4.64. The van der Waals surface area contributed by atoms with Gasteiger partial charge in [0, 0.05) is 13.1 Å². The number of H-pyrrole nitrogens is 1. The van der Waals surface area contributed by atoms with E-state index in [1.165, 1.54) is 4.90 Å². The second kappa shape index (κ2) is 6.68. The SMILES string of the molecule is Nc1nnc(CNC(=O)OC(=O)N2CCCCC2)c(=O)[nH]1. The molecular weight excluding hydrogens is 280 g/mol. The highest BCUT2D eigenvalue weighted by Crippen LogP contribution is 2.09. The number of alkyl carbamates (subject to hydrolysis) is 1. The molecule has 0 spiro atoms. The first-order valence-electron chi connectivity index (χ1n) is 6.52. The van der Waals surface area contributed by atoms with Gasteiger partial charge in [0.25, 0.3) is 5.56 Å². The number of ether oxygens (including phenoxy) is 1. The molecule has 0 saturated carbocycles. The first-order chi connectivity index (χ1) is 10.1. The zero-order valence-corrected chi connectivity index (χ0v) is 11.3. The van der Waals surface area contributed by atoms with Gasteiger partial charge in [-0.2, -0.15) is 0 Å². The van der Waals surface area contributed by atoms with Crippen LogP contribution in [-0.4, -0.2) is 45.4 Å². The van der Waals surface area contributed by atoms with Gasteiger partial charge in [-0.15, -0.1) is 10.2 Å². The molecule has 1 aliphatic heterocycles. The van der Waals surface area contributed by atoms with Crippen molar-refractivity contribution in [2.75, 3.05) is 18.8 Å². The highest BCUT2D eigenvalue weighted by molar-refractivity contribution is 5.83. The summed E-state index contributed by atoms with van der Waals surface area (Å²) in [6, 6.07) is 0. The van der Waals surface area contributed by atoms with Crippen LogP contribution in [0.4, 0.5) is 15.5 Å². The van der Waals surface area contributed by atoms with Crippen molar-refractivity contribution in [2.24, 2.45) is 0 Å². The Morgan fingerprint density at radius 2 is 2.00 bits per heavy atom. The van der Waals surface area contributed by atoms with Crippen LogP contribution in [0.25, 0.3) is 0 Å². The molecule has 1 aliphatic rings. The van der Waals surface area contributed by atoms with Crippen molar-refractivity contribution >= 4 is 18.1 Å². The average Bonchev–Trinajstić information content (AvgIpc) is 2.47. The smallest absolute Gasteiger partial charge is 0.368 e. The van der Waals surface area contributed by atoms with Gasteiger partial charge in [-0.25, -0.2) is 9.59 Å². The van der Waals surface area contributed by atoms with E-state index in [1.807, 2.05) is 0 Å². The molecule has 21 heavy (non-hydrogen) atoms. The number of rotatable bonds is 2.